The number of furan rings is 1. The number of carbonyl (C=O) groups excluding carboxylic acids is 1. The van der Waals surface area contributed by atoms with Gasteiger partial charge in [0, 0.05) is 30.1 Å². The van der Waals surface area contributed by atoms with Crippen LogP contribution in [0.1, 0.15) is 48.0 Å². The molecule has 3 aliphatic rings. The van der Waals surface area contributed by atoms with Gasteiger partial charge in [0.15, 0.2) is 17.2 Å². The van der Waals surface area contributed by atoms with E-state index in [9.17, 15) is 13.2 Å². The van der Waals surface area contributed by atoms with Gasteiger partial charge in [-0.25, -0.2) is 13.4 Å². The zero-order valence-electron chi connectivity index (χ0n) is 18.8. The number of nitrogens with one attached hydrogen (secondary N) is 1. The van der Waals surface area contributed by atoms with Crippen LogP contribution >= 0.6 is 11.6 Å². The summed E-state index contributed by atoms with van der Waals surface area (Å²) < 4.78 is 36.5. The van der Waals surface area contributed by atoms with Crippen LogP contribution in [0, 0.1) is 11.3 Å². The van der Waals surface area contributed by atoms with Crippen molar-refractivity contribution in [2.75, 3.05) is 25.9 Å². The molecule has 0 unspecified atom stereocenters. The van der Waals surface area contributed by atoms with Crippen LogP contribution in [0.25, 0.3) is 11.1 Å². The van der Waals surface area contributed by atoms with Crippen molar-refractivity contribution >= 4 is 38.4 Å². The number of rotatable bonds is 6. The molecule has 0 atom stereocenters. The largest absolute Gasteiger partial charge is 0.440 e. The first-order valence-electron chi connectivity index (χ1n) is 11.6. The molecule has 3 heterocycles. The second kappa shape index (κ2) is 7.83. The van der Waals surface area contributed by atoms with Crippen LogP contribution in [0.4, 0.5) is 0 Å². The van der Waals surface area contributed by atoms with Crippen molar-refractivity contribution < 1.29 is 22.0 Å². The molecule has 1 saturated heterocycles. The summed E-state index contributed by atoms with van der Waals surface area (Å²) in [4.78, 5) is 19.3. The second-order valence-corrected chi connectivity index (χ2v) is 12.7. The first-order chi connectivity index (χ1) is 16.2. The summed E-state index contributed by atoms with van der Waals surface area (Å²) in [5.74, 6) is 0.885. The Bertz CT molecular complexity index is 1360. The van der Waals surface area contributed by atoms with E-state index in [4.69, 9.17) is 20.4 Å². The number of amides is 1. The highest BCUT2D eigenvalue weighted by Crippen LogP contribution is 2.61. The molecule has 0 radical (unpaired) electrons. The first-order valence-corrected chi connectivity index (χ1v) is 13.6. The molecule has 2 saturated carbocycles. The van der Waals surface area contributed by atoms with Gasteiger partial charge in [-0.05, 0) is 74.4 Å². The summed E-state index contributed by atoms with van der Waals surface area (Å²) >= 11 is 6.04. The summed E-state index contributed by atoms with van der Waals surface area (Å²) in [6, 6.07) is 8.34. The molecule has 3 fully saturated rings. The Morgan fingerprint density at radius 2 is 1.94 bits per heavy atom. The van der Waals surface area contributed by atoms with E-state index in [0.29, 0.717) is 5.02 Å². The van der Waals surface area contributed by atoms with Crippen molar-refractivity contribution in [2.24, 2.45) is 11.3 Å². The van der Waals surface area contributed by atoms with Crippen molar-refractivity contribution in [1.29, 1.82) is 0 Å². The maximum atomic E-state index is 12.6. The van der Waals surface area contributed by atoms with Gasteiger partial charge in [0.05, 0.1) is 5.75 Å². The van der Waals surface area contributed by atoms with Crippen LogP contribution in [-0.2, 0) is 9.84 Å². The van der Waals surface area contributed by atoms with Crippen LogP contribution < -0.4 is 5.32 Å². The number of aromatic nitrogens is 1. The van der Waals surface area contributed by atoms with Gasteiger partial charge in [-0.15, -0.1) is 0 Å². The van der Waals surface area contributed by atoms with Gasteiger partial charge in [0.1, 0.15) is 5.52 Å². The van der Waals surface area contributed by atoms with E-state index >= 15 is 0 Å². The molecule has 8 nitrogen and oxygen atoms in total. The molecule has 6 rings (SSSR count). The standard InChI is InChI=1S/C24H26ClN3O5S/c1-28-11-14(12-28)13-34(30,31)21-5-4-20(32-21)22(29)26-17-9-24(10-17)7-15(8-24)23-27-18-6-16(25)2-3-19(18)33-23/h2-6,14-15,17H,7-13H2,1H3,(H,26,29). The van der Waals surface area contributed by atoms with Gasteiger partial charge in [0.2, 0.25) is 14.9 Å². The quantitative estimate of drug-likeness (QED) is 0.544. The highest BCUT2D eigenvalue weighted by Gasteiger charge is 2.54. The molecule has 10 heteroatoms. The van der Waals surface area contributed by atoms with E-state index in [1.807, 2.05) is 19.2 Å². The lowest BCUT2D eigenvalue weighted by atomic mass is 9.50. The molecule has 1 N–H and O–H groups in total. The van der Waals surface area contributed by atoms with Gasteiger partial charge in [0.25, 0.3) is 5.91 Å². The van der Waals surface area contributed by atoms with E-state index in [2.05, 4.69) is 15.2 Å². The minimum Gasteiger partial charge on any atom is -0.440 e. The lowest BCUT2D eigenvalue weighted by molar-refractivity contribution is -0.0256. The molecule has 2 aliphatic carbocycles. The van der Waals surface area contributed by atoms with Crippen LogP contribution in [0.3, 0.4) is 0 Å². The van der Waals surface area contributed by atoms with Crippen molar-refractivity contribution in [2.45, 2.75) is 42.7 Å². The number of benzene rings is 1. The van der Waals surface area contributed by atoms with Crippen molar-refractivity contribution in [3.63, 3.8) is 0 Å². The minimum absolute atomic E-state index is 0.0434. The third-order valence-electron chi connectivity index (χ3n) is 7.47. The van der Waals surface area contributed by atoms with Crippen molar-refractivity contribution in [3.8, 4) is 0 Å². The summed E-state index contributed by atoms with van der Waals surface area (Å²) in [6.45, 7) is 1.52. The molecule has 1 amide bonds. The summed E-state index contributed by atoms with van der Waals surface area (Å²) in [6.07, 6.45) is 3.75. The Morgan fingerprint density at radius 1 is 1.18 bits per heavy atom. The Morgan fingerprint density at radius 3 is 2.68 bits per heavy atom. The fourth-order valence-corrected chi connectivity index (χ4v) is 7.52. The highest BCUT2D eigenvalue weighted by molar-refractivity contribution is 7.91. The molecule has 0 bridgehead atoms. The monoisotopic (exact) mass is 503 g/mol. The molecular formula is C24H26ClN3O5S. The van der Waals surface area contributed by atoms with E-state index in [1.165, 1.54) is 12.1 Å². The van der Waals surface area contributed by atoms with Gasteiger partial charge in [-0.2, -0.15) is 0 Å². The molecule has 1 spiro atoms. The number of sulfone groups is 1. The Balaban J connectivity index is 1.01. The molecule has 180 valence electrons. The highest BCUT2D eigenvalue weighted by atomic mass is 35.5. The van der Waals surface area contributed by atoms with Crippen molar-refractivity contribution in [3.05, 3.63) is 47.0 Å². The lowest BCUT2D eigenvalue weighted by Crippen LogP contribution is -2.55. The molecular weight excluding hydrogens is 478 g/mol. The van der Waals surface area contributed by atoms with E-state index in [-0.39, 0.29) is 45.8 Å². The van der Waals surface area contributed by atoms with Crippen molar-refractivity contribution in [1.82, 2.24) is 15.2 Å². The lowest BCUT2D eigenvalue weighted by Gasteiger charge is -2.57. The van der Waals surface area contributed by atoms with E-state index in [0.717, 1.165) is 55.8 Å². The topological polar surface area (TPSA) is 106 Å². The zero-order valence-corrected chi connectivity index (χ0v) is 20.4. The van der Waals surface area contributed by atoms with Crippen LogP contribution in [-0.4, -0.2) is 56.1 Å². The van der Waals surface area contributed by atoms with E-state index in [1.54, 1.807) is 6.07 Å². The van der Waals surface area contributed by atoms with Gasteiger partial charge in [-0.1, -0.05) is 11.6 Å². The average Bonchev–Trinajstić information content (AvgIpc) is 3.34. The van der Waals surface area contributed by atoms with Gasteiger partial charge in [-0.3, -0.25) is 4.79 Å². The third-order valence-corrected chi connectivity index (χ3v) is 9.45. The Kier molecular flexibility index (Phi) is 5.09. The zero-order chi connectivity index (χ0) is 23.7. The van der Waals surface area contributed by atoms with Crippen LogP contribution in [0.15, 0.2) is 44.3 Å². The second-order valence-electron chi connectivity index (χ2n) is 10.3. The normalized spacial score (nSPS) is 27.4. The molecule has 1 aliphatic heterocycles. The summed E-state index contributed by atoms with van der Waals surface area (Å²) in [7, 11) is -1.57. The number of halogens is 1. The summed E-state index contributed by atoms with van der Waals surface area (Å²) in [5, 5.41) is 3.50. The number of carbonyl (C=O) groups is 1. The summed E-state index contributed by atoms with van der Waals surface area (Å²) in [5.41, 5.74) is 1.75. The number of fused-ring (bicyclic) bond motifs is 1. The Labute approximate surface area is 202 Å². The van der Waals surface area contributed by atoms with Crippen LogP contribution in [0.5, 0.6) is 0 Å². The van der Waals surface area contributed by atoms with Gasteiger partial charge >= 0.3 is 0 Å². The fourth-order valence-electron chi connectivity index (χ4n) is 5.87. The molecule has 34 heavy (non-hydrogen) atoms. The van der Waals surface area contributed by atoms with E-state index < -0.39 is 9.84 Å². The number of hydrogen-bond acceptors (Lipinski definition) is 7. The smallest absolute Gasteiger partial charge is 0.287 e. The molecule has 3 aromatic rings. The average molecular weight is 504 g/mol. The molecule has 2 aromatic heterocycles. The van der Waals surface area contributed by atoms with Gasteiger partial charge < -0.3 is 19.1 Å². The first kappa shape index (κ1) is 22.1. The van der Waals surface area contributed by atoms with Crippen LogP contribution in [0.2, 0.25) is 5.02 Å². The number of hydrogen-bond donors (Lipinski definition) is 1. The molecule has 1 aromatic carbocycles. The maximum absolute atomic E-state index is 12.6. The predicted molar refractivity (Wildman–Crippen MR) is 126 cm³/mol. The maximum Gasteiger partial charge on any atom is 0.287 e. The third kappa shape index (κ3) is 3.93. The Hall–Kier alpha value is -2.36. The SMILES string of the molecule is CN1CC(CS(=O)(=O)c2ccc(C(=O)NC3CC4(C3)CC(c3nc5cc(Cl)ccc5o3)C4)o2)C1. The predicted octanol–water partition coefficient (Wildman–Crippen LogP) is 3.87. The number of oxazole rings is 1. The number of likely N-dealkylation sites (tertiary alicyclic amines) is 1. The fraction of sp³-hybridized carbons (Fsp3) is 0.500. The minimum atomic E-state index is -3.53. The number of nitrogens with zero attached hydrogens (tertiary/aromatic N) is 2.